The van der Waals surface area contributed by atoms with E-state index in [1.807, 2.05) is 12.1 Å². The number of unbranched alkanes of at least 4 members (excludes halogenated alkanes) is 14. The van der Waals surface area contributed by atoms with Crippen LogP contribution < -0.4 is 0 Å². The van der Waals surface area contributed by atoms with Crippen LogP contribution in [0.1, 0.15) is 139 Å². The SMILES string of the molecule is CCCCCCCCCCC(=O)c1ccccc1CCCCCCCCCC. The molecule has 0 saturated carbocycles. The van der Waals surface area contributed by atoms with Crippen molar-refractivity contribution in [2.45, 2.75) is 129 Å². The number of aryl methyl sites for hydroxylation is 1. The Morgan fingerprint density at radius 1 is 0.607 bits per heavy atom. The molecule has 0 radical (unpaired) electrons. The molecular weight excluding hydrogens is 340 g/mol. The van der Waals surface area contributed by atoms with Gasteiger partial charge in [0, 0.05) is 12.0 Å². The standard InChI is InChI=1S/C27H46O/c1-3-5-7-9-11-13-15-17-21-25-22-19-20-23-26(25)27(28)24-18-16-14-12-10-8-6-4-2/h19-20,22-23H,3-18,21,24H2,1-2H3. The lowest BCUT2D eigenvalue weighted by Gasteiger charge is -2.09. The summed E-state index contributed by atoms with van der Waals surface area (Å²) < 4.78 is 0. The van der Waals surface area contributed by atoms with Crippen LogP contribution in [0.15, 0.2) is 24.3 Å². The molecule has 28 heavy (non-hydrogen) atoms. The largest absolute Gasteiger partial charge is 0.294 e. The molecule has 0 aliphatic rings. The van der Waals surface area contributed by atoms with Crippen molar-refractivity contribution in [3.63, 3.8) is 0 Å². The molecule has 0 unspecified atom stereocenters. The van der Waals surface area contributed by atoms with Crippen LogP contribution in [0.4, 0.5) is 0 Å². The Morgan fingerprint density at radius 2 is 1.07 bits per heavy atom. The van der Waals surface area contributed by atoms with Crippen molar-refractivity contribution >= 4 is 5.78 Å². The van der Waals surface area contributed by atoms with Crippen LogP contribution in [0.25, 0.3) is 0 Å². The van der Waals surface area contributed by atoms with E-state index in [0.717, 1.165) is 24.8 Å². The quantitative estimate of drug-likeness (QED) is 0.171. The van der Waals surface area contributed by atoms with Gasteiger partial charge in [-0.15, -0.1) is 0 Å². The summed E-state index contributed by atoms with van der Waals surface area (Å²) >= 11 is 0. The van der Waals surface area contributed by atoms with Gasteiger partial charge in [-0.1, -0.05) is 128 Å². The zero-order chi connectivity index (χ0) is 20.3. The van der Waals surface area contributed by atoms with E-state index < -0.39 is 0 Å². The number of hydrogen-bond acceptors (Lipinski definition) is 1. The summed E-state index contributed by atoms with van der Waals surface area (Å²) in [6.45, 7) is 4.53. The predicted molar refractivity (Wildman–Crippen MR) is 124 cm³/mol. The van der Waals surface area contributed by atoms with Crippen LogP contribution in [0.2, 0.25) is 0 Å². The molecule has 0 aliphatic carbocycles. The van der Waals surface area contributed by atoms with Gasteiger partial charge in [0.2, 0.25) is 0 Å². The highest BCUT2D eigenvalue weighted by atomic mass is 16.1. The number of benzene rings is 1. The first-order valence-electron chi connectivity index (χ1n) is 12.4. The summed E-state index contributed by atoms with van der Waals surface area (Å²) in [6.07, 6.45) is 22.8. The van der Waals surface area contributed by atoms with Crippen LogP contribution in [-0.4, -0.2) is 5.78 Å². The van der Waals surface area contributed by atoms with E-state index in [4.69, 9.17) is 0 Å². The summed E-state index contributed by atoms with van der Waals surface area (Å²) in [5, 5.41) is 0. The molecule has 0 aromatic heterocycles. The van der Waals surface area contributed by atoms with E-state index in [1.165, 1.54) is 102 Å². The highest BCUT2D eigenvalue weighted by Crippen LogP contribution is 2.18. The van der Waals surface area contributed by atoms with Gasteiger partial charge in [0.1, 0.15) is 0 Å². The Kier molecular flexibility index (Phi) is 16.0. The highest BCUT2D eigenvalue weighted by molar-refractivity contribution is 5.97. The molecule has 1 aromatic carbocycles. The molecule has 0 spiro atoms. The molecule has 1 heteroatoms. The van der Waals surface area contributed by atoms with Gasteiger partial charge in [-0.25, -0.2) is 0 Å². The smallest absolute Gasteiger partial charge is 0.163 e. The first kappa shape index (κ1) is 24.9. The normalized spacial score (nSPS) is 11.1. The van der Waals surface area contributed by atoms with Crippen molar-refractivity contribution in [3.05, 3.63) is 35.4 Å². The third-order valence-electron chi connectivity index (χ3n) is 5.87. The molecule has 0 N–H and O–H groups in total. The fourth-order valence-electron chi connectivity index (χ4n) is 4.01. The minimum atomic E-state index is 0.362. The van der Waals surface area contributed by atoms with Gasteiger partial charge in [-0.3, -0.25) is 4.79 Å². The van der Waals surface area contributed by atoms with Crippen LogP contribution in [-0.2, 0) is 6.42 Å². The maximum atomic E-state index is 12.7. The molecule has 0 heterocycles. The lowest BCUT2D eigenvalue weighted by molar-refractivity contribution is 0.0978. The second kappa shape index (κ2) is 18.0. The Bertz CT molecular complexity index is 491. The van der Waals surface area contributed by atoms with E-state index in [1.54, 1.807) is 0 Å². The van der Waals surface area contributed by atoms with E-state index in [-0.39, 0.29) is 0 Å². The van der Waals surface area contributed by atoms with Crippen LogP contribution in [0.3, 0.4) is 0 Å². The van der Waals surface area contributed by atoms with E-state index >= 15 is 0 Å². The Labute approximate surface area is 175 Å². The summed E-state index contributed by atoms with van der Waals surface area (Å²) in [4.78, 5) is 12.7. The topological polar surface area (TPSA) is 17.1 Å². The van der Waals surface area contributed by atoms with Gasteiger partial charge in [0.15, 0.2) is 5.78 Å². The van der Waals surface area contributed by atoms with Crippen molar-refractivity contribution in [1.29, 1.82) is 0 Å². The summed E-state index contributed by atoms with van der Waals surface area (Å²) in [6, 6.07) is 8.33. The monoisotopic (exact) mass is 386 g/mol. The zero-order valence-corrected chi connectivity index (χ0v) is 18.9. The molecule has 0 saturated heterocycles. The number of carbonyl (C=O) groups excluding carboxylic acids is 1. The molecule has 1 nitrogen and oxygen atoms in total. The van der Waals surface area contributed by atoms with Crippen molar-refractivity contribution in [3.8, 4) is 0 Å². The molecule has 1 rings (SSSR count). The number of ketones is 1. The summed E-state index contributed by atoms with van der Waals surface area (Å²) in [5.41, 5.74) is 2.27. The zero-order valence-electron chi connectivity index (χ0n) is 18.9. The molecule has 0 atom stereocenters. The summed E-state index contributed by atoms with van der Waals surface area (Å²) in [5.74, 6) is 0.362. The molecule has 160 valence electrons. The van der Waals surface area contributed by atoms with Crippen molar-refractivity contribution in [2.24, 2.45) is 0 Å². The summed E-state index contributed by atoms with van der Waals surface area (Å²) in [7, 11) is 0. The van der Waals surface area contributed by atoms with Gasteiger partial charge in [-0.05, 0) is 24.8 Å². The lowest BCUT2D eigenvalue weighted by atomic mass is 9.95. The molecule has 0 amide bonds. The fourth-order valence-corrected chi connectivity index (χ4v) is 4.01. The third kappa shape index (κ3) is 12.4. The maximum Gasteiger partial charge on any atom is 0.163 e. The number of hydrogen-bond donors (Lipinski definition) is 0. The molecule has 1 aromatic rings. The average Bonchev–Trinajstić information content (AvgIpc) is 2.72. The second-order valence-electron chi connectivity index (χ2n) is 8.53. The van der Waals surface area contributed by atoms with Crippen molar-refractivity contribution < 1.29 is 4.79 Å². The Morgan fingerprint density at radius 3 is 1.64 bits per heavy atom. The maximum absolute atomic E-state index is 12.7. The van der Waals surface area contributed by atoms with E-state index in [2.05, 4.69) is 26.0 Å². The minimum Gasteiger partial charge on any atom is -0.294 e. The molecule has 0 fully saturated rings. The third-order valence-corrected chi connectivity index (χ3v) is 5.87. The molecular formula is C27H46O. The van der Waals surface area contributed by atoms with Crippen LogP contribution >= 0.6 is 0 Å². The number of carbonyl (C=O) groups is 1. The molecule has 0 aliphatic heterocycles. The van der Waals surface area contributed by atoms with E-state index in [9.17, 15) is 4.79 Å². The van der Waals surface area contributed by atoms with Gasteiger partial charge in [-0.2, -0.15) is 0 Å². The first-order valence-corrected chi connectivity index (χ1v) is 12.4. The van der Waals surface area contributed by atoms with Gasteiger partial charge >= 0.3 is 0 Å². The predicted octanol–water partition coefficient (Wildman–Crippen LogP) is 9.08. The van der Waals surface area contributed by atoms with Gasteiger partial charge in [0.25, 0.3) is 0 Å². The fraction of sp³-hybridized carbons (Fsp3) is 0.741. The highest BCUT2D eigenvalue weighted by Gasteiger charge is 2.10. The molecule has 0 bridgehead atoms. The minimum absolute atomic E-state index is 0.362. The Hall–Kier alpha value is -1.11. The van der Waals surface area contributed by atoms with Crippen LogP contribution in [0, 0.1) is 0 Å². The van der Waals surface area contributed by atoms with Crippen molar-refractivity contribution in [2.75, 3.05) is 0 Å². The Balaban J connectivity index is 2.20. The number of rotatable bonds is 19. The second-order valence-corrected chi connectivity index (χ2v) is 8.53. The average molecular weight is 387 g/mol. The van der Waals surface area contributed by atoms with Gasteiger partial charge < -0.3 is 0 Å². The van der Waals surface area contributed by atoms with Crippen LogP contribution in [0.5, 0.6) is 0 Å². The van der Waals surface area contributed by atoms with Gasteiger partial charge in [0.05, 0.1) is 0 Å². The number of Topliss-reactive ketones (excluding diaryl/α,β-unsaturated/α-hetero) is 1. The van der Waals surface area contributed by atoms with E-state index in [0.29, 0.717) is 5.78 Å². The lowest BCUT2D eigenvalue weighted by Crippen LogP contribution is -2.04. The first-order chi connectivity index (χ1) is 13.8. The van der Waals surface area contributed by atoms with Crippen molar-refractivity contribution in [1.82, 2.24) is 0 Å².